The minimum absolute atomic E-state index is 0.0806. The fourth-order valence-electron chi connectivity index (χ4n) is 3.16. The van der Waals surface area contributed by atoms with Crippen LogP contribution in [-0.4, -0.2) is 29.0 Å². The lowest BCUT2D eigenvalue weighted by molar-refractivity contribution is 0.0953. The highest BCUT2D eigenvalue weighted by Gasteiger charge is 2.08. The van der Waals surface area contributed by atoms with Crippen LogP contribution in [0.25, 0.3) is 10.8 Å². The highest BCUT2D eigenvalue weighted by atomic mass is 16.5. The van der Waals surface area contributed by atoms with Crippen LogP contribution in [0, 0.1) is 0 Å². The van der Waals surface area contributed by atoms with Crippen LogP contribution in [0.15, 0.2) is 79.0 Å². The first kappa shape index (κ1) is 20.2. The van der Waals surface area contributed by atoms with Gasteiger partial charge >= 0.3 is 0 Å². The quantitative estimate of drug-likeness (QED) is 0.295. The van der Waals surface area contributed by atoms with Gasteiger partial charge in [-0.2, -0.15) is 4.98 Å². The number of ether oxygens (including phenoxy) is 1. The van der Waals surface area contributed by atoms with Crippen molar-refractivity contribution in [3.63, 3.8) is 0 Å². The molecule has 7 nitrogen and oxygen atoms in total. The number of amides is 1. The van der Waals surface area contributed by atoms with Crippen LogP contribution in [0.1, 0.15) is 16.8 Å². The van der Waals surface area contributed by atoms with Gasteiger partial charge in [-0.3, -0.25) is 4.79 Å². The van der Waals surface area contributed by atoms with Crippen molar-refractivity contribution in [1.82, 2.24) is 15.3 Å². The van der Waals surface area contributed by atoms with Gasteiger partial charge in [0.05, 0.1) is 0 Å². The molecule has 0 radical (unpaired) electrons. The number of nitrogen functional groups attached to an aromatic ring is 1. The fourth-order valence-corrected chi connectivity index (χ4v) is 3.16. The highest BCUT2D eigenvalue weighted by molar-refractivity contribution is 5.97. The molecule has 4 rings (SSSR count). The molecule has 1 amide bonds. The van der Waals surface area contributed by atoms with Crippen molar-refractivity contribution in [3.8, 4) is 11.6 Å². The van der Waals surface area contributed by atoms with Gasteiger partial charge in [0.15, 0.2) is 0 Å². The third kappa shape index (κ3) is 5.08. The highest BCUT2D eigenvalue weighted by Crippen LogP contribution is 2.32. The minimum atomic E-state index is -0.0806. The smallest absolute Gasteiger partial charge is 0.251 e. The molecule has 3 aromatic carbocycles. The summed E-state index contributed by atoms with van der Waals surface area (Å²) in [5.74, 6) is 1.50. The minimum Gasteiger partial charge on any atom is -0.438 e. The number of anilines is 2. The normalized spacial score (nSPS) is 10.6. The molecule has 0 unspecified atom stereocenters. The zero-order valence-corrected chi connectivity index (χ0v) is 16.9. The van der Waals surface area contributed by atoms with E-state index in [0.717, 1.165) is 17.2 Å². The van der Waals surface area contributed by atoms with Gasteiger partial charge in [0.1, 0.15) is 5.75 Å². The molecule has 156 valence electrons. The first-order chi connectivity index (χ1) is 15.2. The van der Waals surface area contributed by atoms with E-state index in [1.165, 1.54) is 0 Å². The van der Waals surface area contributed by atoms with Gasteiger partial charge in [-0.05, 0) is 30.7 Å². The maximum Gasteiger partial charge on any atom is 0.251 e. The predicted molar refractivity (Wildman–Crippen MR) is 122 cm³/mol. The van der Waals surface area contributed by atoms with E-state index < -0.39 is 0 Å². The van der Waals surface area contributed by atoms with Crippen LogP contribution in [-0.2, 0) is 0 Å². The number of carbonyl (C=O) groups is 1. The molecule has 1 heterocycles. The van der Waals surface area contributed by atoms with Crippen LogP contribution >= 0.6 is 0 Å². The van der Waals surface area contributed by atoms with Gasteiger partial charge in [-0.1, -0.05) is 42.5 Å². The molecule has 0 saturated carbocycles. The summed E-state index contributed by atoms with van der Waals surface area (Å²) in [6, 6.07) is 22.3. The third-order valence-corrected chi connectivity index (χ3v) is 4.72. The Morgan fingerprint density at radius 3 is 2.52 bits per heavy atom. The van der Waals surface area contributed by atoms with E-state index in [2.05, 4.69) is 20.6 Å². The second-order valence-corrected chi connectivity index (χ2v) is 6.92. The Bertz CT molecular complexity index is 1180. The van der Waals surface area contributed by atoms with Gasteiger partial charge in [-0.25, -0.2) is 4.98 Å². The Labute approximate surface area is 180 Å². The maximum atomic E-state index is 12.0. The molecule has 1 aromatic heterocycles. The molecular weight excluding hydrogens is 390 g/mol. The number of nitrogens with two attached hydrogens (primary N) is 1. The summed E-state index contributed by atoms with van der Waals surface area (Å²) in [6.45, 7) is 1.16. The molecule has 0 fully saturated rings. The number of nitrogens with one attached hydrogen (secondary N) is 2. The van der Waals surface area contributed by atoms with Crippen LogP contribution in [0.3, 0.4) is 0 Å². The van der Waals surface area contributed by atoms with Crippen molar-refractivity contribution in [2.45, 2.75) is 6.42 Å². The average molecular weight is 413 g/mol. The molecule has 31 heavy (non-hydrogen) atoms. The molecule has 0 saturated heterocycles. The van der Waals surface area contributed by atoms with Crippen LogP contribution < -0.4 is 21.1 Å². The van der Waals surface area contributed by atoms with Crippen molar-refractivity contribution >= 4 is 28.3 Å². The van der Waals surface area contributed by atoms with E-state index in [1.807, 2.05) is 54.6 Å². The van der Waals surface area contributed by atoms with Gasteiger partial charge in [0, 0.05) is 47.4 Å². The van der Waals surface area contributed by atoms with Gasteiger partial charge in [-0.15, -0.1) is 0 Å². The van der Waals surface area contributed by atoms with Crippen LogP contribution in [0.2, 0.25) is 0 Å². The lowest BCUT2D eigenvalue weighted by Gasteiger charge is -2.11. The molecule has 4 aromatic rings. The molecule has 0 atom stereocenters. The summed E-state index contributed by atoms with van der Waals surface area (Å²) in [6.07, 6.45) is 2.37. The Balaban J connectivity index is 1.31. The zero-order valence-electron chi connectivity index (χ0n) is 16.9. The van der Waals surface area contributed by atoms with Crippen LogP contribution in [0.4, 0.5) is 11.6 Å². The number of nitrogens with zero attached hydrogens (tertiary/aromatic N) is 2. The fraction of sp³-hybridized carbons (Fsp3) is 0.125. The number of fused-ring (bicyclic) bond motifs is 1. The van der Waals surface area contributed by atoms with Crippen molar-refractivity contribution in [3.05, 3.63) is 84.6 Å². The summed E-state index contributed by atoms with van der Waals surface area (Å²) in [5.41, 5.74) is 7.41. The second-order valence-electron chi connectivity index (χ2n) is 6.92. The van der Waals surface area contributed by atoms with Crippen molar-refractivity contribution < 1.29 is 9.53 Å². The van der Waals surface area contributed by atoms with E-state index in [9.17, 15) is 4.79 Å². The average Bonchev–Trinajstić information content (AvgIpc) is 2.81. The summed E-state index contributed by atoms with van der Waals surface area (Å²) >= 11 is 0. The number of hydrogen-bond acceptors (Lipinski definition) is 6. The first-order valence-corrected chi connectivity index (χ1v) is 10.1. The monoisotopic (exact) mass is 413 g/mol. The summed E-state index contributed by atoms with van der Waals surface area (Å²) in [5, 5.41) is 7.91. The summed E-state index contributed by atoms with van der Waals surface area (Å²) < 4.78 is 5.99. The lowest BCUT2D eigenvalue weighted by atomic mass is 10.1. The summed E-state index contributed by atoms with van der Waals surface area (Å²) in [7, 11) is 0. The standard InChI is InChI=1S/C24H23N5O2/c25-20-11-12-21(19-10-5-4-9-18(19)20)31-22-13-16-28-24(29-22)27-15-6-14-26-23(30)17-7-2-1-3-8-17/h1-5,7-13,16H,6,14-15,25H2,(H,26,30)(H,27,28,29). The Morgan fingerprint density at radius 1 is 0.903 bits per heavy atom. The largest absolute Gasteiger partial charge is 0.438 e. The lowest BCUT2D eigenvalue weighted by Crippen LogP contribution is -2.25. The van der Waals surface area contributed by atoms with Crippen LogP contribution in [0.5, 0.6) is 11.6 Å². The Kier molecular flexibility index (Phi) is 6.23. The van der Waals surface area contributed by atoms with E-state index in [4.69, 9.17) is 10.5 Å². The number of hydrogen-bond donors (Lipinski definition) is 3. The first-order valence-electron chi connectivity index (χ1n) is 10.1. The van der Waals surface area contributed by atoms with E-state index >= 15 is 0 Å². The Hall–Kier alpha value is -4.13. The van der Waals surface area contributed by atoms with Gasteiger partial charge in [0.25, 0.3) is 5.91 Å². The van der Waals surface area contributed by atoms with Gasteiger partial charge < -0.3 is 21.1 Å². The third-order valence-electron chi connectivity index (χ3n) is 4.72. The SMILES string of the molecule is Nc1ccc(Oc2ccnc(NCCCNC(=O)c3ccccc3)n2)c2ccccc12. The number of carbonyl (C=O) groups excluding carboxylic acids is 1. The van der Waals surface area contributed by atoms with E-state index in [-0.39, 0.29) is 5.91 Å². The molecule has 4 N–H and O–H groups in total. The van der Waals surface area contributed by atoms with E-state index in [0.29, 0.717) is 41.9 Å². The maximum absolute atomic E-state index is 12.0. The zero-order chi connectivity index (χ0) is 21.5. The number of benzene rings is 3. The molecule has 0 spiro atoms. The predicted octanol–water partition coefficient (Wildman–Crippen LogP) is 4.24. The molecule has 0 aliphatic rings. The molecule has 7 heteroatoms. The van der Waals surface area contributed by atoms with Crippen molar-refractivity contribution in [2.24, 2.45) is 0 Å². The molecule has 0 bridgehead atoms. The number of rotatable bonds is 8. The summed E-state index contributed by atoms with van der Waals surface area (Å²) in [4.78, 5) is 20.7. The Morgan fingerprint density at radius 2 is 1.68 bits per heavy atom. The van der Waals surface area contributed by atoms with Gasteiger partial charge in [0.2, 0.25) is 11.8 Å². The topological polar surface area (TPSA) is 102 Å². The molecule has 0 aliphatic heterocycles. The molecular formula is C24H23N5O2. The number of aromatic nitrogens is 2. The molecule has 0 aliphatic carbocycles. The van der Waals surface area contributed by atoms with Crippen molar-refractivity contribution in [2.75, 3.05) is 24.1 Å². The van der Waals surface area contributed by atoms with E-state index in [1.54, 1.807) is 24.4 Å². The van der Waals surface area contributed by atoms with Crippen molar-refractivity contribution in [1.29, 1.82) is 0 Å². The second kappa shape index (κ2) is 9.58.